The Bertz CT molecular complexity index is 814. The number of likely N-dealkylation sites (tertiary alicyclic amines) is 1. The summed E-state index contributed by atoms with van der Waals surface area (Å²) in [6, 6.07) is 5.78. The van der Waals surface area contributed by atoms with Gasteiger partial charge in [-0.3, -0.25) is 14.9 Å². The van der Waals surface area contributed by atoms with E-state index < -0.39 is 23.0 Å². The van der Waals surface area contributed by atoms with Gasteiger partial charge >= 0.3 is 6.18 Å². The quantitative estimate of drug-likeness (QED) is 0.688. The minimum Gasteiger partial charge on any atom is -0.616 e. The van der Waals surface area contributed by atoms with Crippen molar-refractivity contribution in [3.63, 3.8) is 0 Å². The predicted molar refractivity (Wildman–Crippen MR) is 104 cm³/mol. The van der Waals surface area contributed by atoms with Gasteiger partial charge in [-0.25, -0.2) is 0 Å². The summed E-state index contributed by atoms with van der Waals surface area (Å²) in [7, 11) is 0. The molecule has 9 heteroatoms. The summed E-state index contributed by atoms with van der Waals surface area (Å²) >= 11 is -0.596. The Kier molecular flexibility index (Phi) is 5.72. The summed E-state index contributed by atoms with van der Waals surface area (Å²) in [4.78, 5) is 10.1. The first-order chi connectivity index (χ1) is 13.8. The van der Waals surface area contributed by atoms with Crippen molar-refractivity contribution in [1.29, 1.82) is 0 Å². The number of aromatic nitrogens is 2. The number of halogens is 3. The molecular formula is C20H22F3N3O2S. The molecule has 0 aliphatic carbocycles. The monoisotopic (exact) mass is 425 g/mol. The van der Waals surface area contributed by atoms with Gasteiger partial charge < -0.3 is 9.29 Å². The Balaban J connectivity index is 1.24. The molecule has 156 valence electrons. The van der Waals surface area contributed by atoms with E-state index in [4.69, 9.17) is 4.74 Å². The molecule has 0 N–H and O–H groups in total. The molecule has 2 fully saturated rings. The number of ether oxygens (including phenoxy) is 1. The molecule has 29 heavy (non-hydrogen) atoms. The molecule has 0 aromatic carbocycles. The van der Waals surface area contributed by atoms with Gasteiger partial charge in [0.05, 0.1) is 17.3 Å². The molecule has 2 saturated heterocycles. The highest BCUT2D eigenvalue weighted by atomic mass is 32.2. The Hall–Kier alpha value is -1.84. The van der Waals surface area contributed by atoms with Gasteiger partial charge in [0.2, 0.25) is 0 Å². The number of alkyl halides is 3. The molecule has 0 unspecified atom stereocenters. The van der Waals surface area contributed by atoms with Crippen molar-refractivity contribution >= 4 is 11.2 Å². The number of pyridine rings is 2. The smallest absolute Gasteiger partial charge is 0.433 e. The van der Waals surface area contributed by atoms with Gasteiger partial charge in [0, 0.05) is 18.3 Å². The Morgan fingerprint density at radius 2 is 1.83 bits per heavy atom. The van der Waals surface area contributed by atoms with E-state index in [1.165, 1.54) is 12.3 Å². The van der Waals surface area contributed by atoms with E-state index in [9.17, 15) is 17.7 Å². The lowest BCUT2D eigenvalue weighted by molar-refractivity contribution is -0.141. The molecule has 0 radical (unpaired) electrons. The second-order valence-electron chi connectivity index (χ2n) is 7.73. The highest BCUT2D eigenvalue weighted by Crippen LogP contribution is 2.42. The zero-order valence-electron chi connectivity index (χ0n) is 15.8. The average molecular weight is 425 g/mol. The largest absolute Gasteiger partial charge is 0.616 e. The van der Waals surface area contributed by atoms with Crippen LogP contribution in [-0.4, -0.2) is 57.2 Å². The molecular weight excluding hydrogens is 403 g/mol. The molecule has 2 aliphatic heterocycles. The maximum Gasteiger partial charge on any atom is 0.433 e. The maximum atomic E-state index is 12.6. The van der Waals surface area contributed by atoms with Crippen LogP contribution in [0.2, 0.25) is 0 Å². The minimum atomic E-state index is -4.45. The van der Waals surface area contributed by atoms with Crippen molar-refractivity contribution in [2.24, 2.45) is 5.41 Å². The van der Waals surface area contributed by atoms with E-state index in [-0.39, 0.29) is 0 Å². The average Bonchev–Trinajstić information content (AvgIpc) is 2.68. The third kappa shape index (κ3) is 4.84. The molecule has 0 bridgehead atoms. The molecule has 5 nitrogen and oxygen atoms in total. The van der Waals surface area contributed by atoms with Crippen LogP contribution < -0.4 is 4.74 Å². The van der Waals surface area contributed by atoms with Crippen LogP contribution in [0.3, 0.4) is 0 Å². The summed E-state index contributed by atoms with van der Waals surface area (Å²) in [5.41, 5.74) is 0.465. The van der Waals surface area contributed by atoms with Crippen molar-refractivity contribution in [3.05, 3.63) is 42.4 Å². The van der Waals surface area contributed by atoms with Gasteiger partial charge in [-0.15, -0.1) is 0 Å². The third-order valence-electron chi connectivity index (χ3n) is 5.61. The van der Waals surface area contributed by atoms with Crippen LogP contribution in [0, 0.1) is 5.41 Å². The van der Waals surface area contributed by atoms with Crippen molar-refractivity contribution in [2.75, 3.05) is 37.7 Å². The van der Waals surface area contributed by atoms with Gasteiger partial charge in [-0.1, -0.05) is 11.2 Å². The maximum absolute atomic E-state index is 12.6. The minimum absolute atomic E-state index is 0.329. The second-order valence-corrected chi connectivity index (χ2v) is 9.18. The van der Waals surface area contributed by atoms with E-state index in [0.29, 0.717) is 29.0 Å². The number of rotatable bonds is 5. The lowest BCUT2D eigenvalue weighted by atomic mass is 9.81. The number of nitrogens with zero attached hydrogens (tertiary/aromatic N) is 3. The number of piperidine rings is 1. The van der Waals surface area contributed by atoms with E-state index in [1.807, 2.05) is 0 Å². The molecule has 1 spiro atoms. The molecule has 4 rings (SSSR count). The van der Waals surface area contributed by atoms with Crippen LogP contribution >= 0.6 is 0 Å². The normalized spacial score (nSPS) is 19.9. The molecule has 0 amide bonds. The van der Waals surface area contributed by atoms with Crippen molar-refractivity contribution in [3.8, 4) is 17.0 Å². The molecule has 2 aliphatic rings. The summed E-state index contributed by atoms with van der Waals surface area (Å²) in [6.45, 7) is 3.39. The highest BCUT2D eigenvalue weighted by Gasteiger charge is 2.49. The highest BCUT2D eigenvalue weighted by molar-refractivity contribution is 7.92. The SMILES string of the molecule is [O-][S+]1CC2(CCN(CCOc3ccc(-c4ccc(C(F)(F)F)nc4)nc3)CC2)C1. The zero-order valence-corrected chi connectivity index (χ0v) is 16.6. The lowest BCUT2D eigenvalue weighted by Gasteiger charge is -2.47. The first-order valence-electron chi connectivity index (χ1n) is 9.53. The molecule has 2 aromatic rings. The first-order valence-corrected chi connectivity index (χ1v) is 11.0. The number of hydrogen-bond donors (Lipinski definition) is 0. The summed E-state index contributed by atoms with van der Waals surface area (Å²) in [5, 5.41) is 0. The van der Waals surface area contributed by atoms with Crippen LogP contribution in [0.25, 0.3) is 11.3 Å². The van der Waals surface area contributed by atoms with Gasteiger partial charge in [0.25, 0.3) is 0 Å². The van der Waals surface area contributed by atoms with Gasteiger partial charge in [0.1, 0.15) is 29.6 Å². The fourth-order valence-electron chi connectivity index (χ4n) is 3.82. The summed E-state index contributed by atoms with van der Waals surface area (Å²) in [6.07, 6.45) is 0.510. The fourth-order valence-corrected chi connectivity index (χ4v) is 5.68. The van der Waals surface area contributed by atoms with Gasteiger partial charge in [-0.2, -0.15) is 13.2 Å². The Morgan fingerprint density at radius 1 is 1.07 bits per heavy atom. The van der Waals surface area contributed by atoms with Crippen LogP contribution in [0.4, 0.5) is 13.2 Å². The molecule has 4 heterocycles. The van der Waals surface area contributed by atoms with Crippen LogP contribution in [0.1, 0.15) is 18.5 Å². The topological polar surface area (TPSA) is 61.3 Å². The number of hydrogen-bond acceptors (Lipinski definition) is 5. The second kappa shape index (κ2) is 8.12. The Labute approximate surface area is 170 Å². The van der Waals surface area contributed by atoms with Crippen LogP contribution in [0.15, 0.2) is 36.7 Å². The van der Waals surface area contributed by atoms with Gasteiger partial charge in [-0.05, 0) is 50.2 Å². The van der Waals surface area contributed by atoms with Crippen molar-refractivity contribution in [2.45, 2.75) is 19.0 Å². The lowest BCUT2D eigenvalue weighted by Crippen LogP contribution is -2.54. The third-order valence-corrected chi connectivity index (χ3v) is 7.48. The first kappa shape index (κ1) is 20.4. The molecule has 0 saturated carbocycles. The summed E-state index contributed by atoms with van der Waals surface area (Å²) < 4.78 is 54.9. The van der Waals surface area contributed by atoms with Crippen molar-refractivity contribution in [1.82, 2.24) is 14.9 Å². The van der Waals surface area contributed by atoms with E-state index in [1.54, 1.807) is 18.3 Å². The predicted octanol–water partition coefficient (Wildman–Crippen LogP) is 3.39. The van der Waals surface area contributed by atoms with Crippen LogP contribution in [0.5, 0.6) is 5.75 Å². The molecule has 2 aromatic heterocycles. The van der Waals surface area contributed by atoms with Crippen LogP contribution in [-0.2, 0) is 17.4 Å². The van der Waals surface area contributed by atoms with Gasteiger partial charge in [0.15, 0.2) is 0 Å². The fraction of sp³-hybridized carbons (Fsp3) is 0.500. The van der Waals surface area contributed by atoms with E-state index >= 15 is 0 Å². The Morgan fingerprint density at radius 3 is 2.38 bits per heavy atom. The molecule has 0 atom stereocenters. The van der Waals surface area contributed by atoms with E-state index in [0.717, 1.165) is 50.0 Å². The van der Waals surface area contributed by atoms with Crippen molar-refractivity contribution < 1.29 is 22.5 Å². The summed E-state index contributed by atoms with van der Waals surface area (Å²) in [5.74, 6) is 2.35. The van der Waals surface area contributed by atoms with E-state index in [2.05, 4.69) is 14.9 Å². The zero-order chi connectivity index (χ0) is 20.5. The standard InChI is InChI=1S/C20H22F3N3O2S/c21-20(22,23)18-4-1-15(11-25-18)17-3-2-16(12-24-17)28-10-9-26-7-5-19(6-8-26)13-29(27)14-19/h1-4,11-12H,5-10,13-14H2.